The van der Waals surface area contributed by atoms with Gasteiger partial charge in [-0.25, -0.2) is 0 Å². The quantitative estimate of drug-likeness (QED) is 0.379. The van der Waals surface area contributed by atoms with Gasteiger partial charge in [-0.2, -0.15) is 0 Å². The van der Waals surface area contributed by atoms with E-state index >= 15 is 0 Å². The molecule has 1 heterocycles. The van der Waals surface area contributed by atoms with E-state index in [0.717, 1.165) is 19.4 Å². The summed E-state index contributed by atoms with van der Waals surface area (Å²) in [6.07, 6.45) is 2.99. The maximum atomic E-state index is 13.3. The van der Waals surface area contributed by atoms with Crippen molar-refractivity contribution in [2.45, 2.75) is 59.1 Å². The third-order valence-corrected chi connectivity index (χ3v) is 10.4. The lowest BCUT2D eigenvalue weighted by molar-refractivity contribution is -0.129. The van der Waals surface area contributed by atoms with Gasteiger partial charge < -0.3 is 9.33 Å². The first kappa shape index (κ1) is 25.0. The predicted octanol–water partition coefficient (Wildman–Crippen LogP) is 5.61. The van der Waals surface area contributed by atoms with Crippen LogP contribution in [0.2, 0.25) is 0 Å². The van der Waals surface area contributed by atoms with Crippen molar-refractivity contribution in [3.63, 3.8) is 0 Å². The molecule has 3 atom stereocenters. The van der Waals surface area contributed by atoms with Crippen LogP contribution in [0.5, 0.6) is 0 Å². The number of likely N-dealkylation sites (tertiary alicyclic amines) is 1. The van der Waals surface area contributed by atoms with Crippen LogP contribution in [0.1, 0.15) is 58.6 Å². The van der Waals surface area contributed by atoms with E-state index in [0.29, 0.717) is 12.3 Å². The minimum absolute atomic E-state index is 0.0303. The standard InChI is InChI=1S/C32H38NO2Si/c1-24(25-14-8-5-9-15-25)33-23-26(22-29(33)34)32(20-21-32)30(31(2,3)4)35-36(27-16-10-6-11-17-27)28-18-12-7-13-19-28/h5-19,24,26,30H,20-23H2,1-4H3/t24-,26-,30?/m0/s1. The Morgan fingerprint density at radius 2 is 1.36 bits per heavy atom. The number of benzene rings is 3. The Labute approximate surface area is 218 Å². The molecule has 5 rings (SSSR count). The number of carbonyl (C=O) groups is 1. The molecule has 187 valence electrons. The monoisotopic (exact) mass is 496 g/mol. The molecule has 36 heavy (non-hydrogen) atoms. The van der Waals surface area contributed by atoms with Crippen LogP contribution in [0.15, 0.2) is 91.0 Å². The number of nitrogens with zero attached hydrogens (tertiary/aromatic N) is 1. The second-order valence-electron chi connectivity index (χ2n) is 11.7. The minimum atomic E-state index is -1.44. The molecule has 4 heteroatoms. The van der Waals surface area contributed by atoms with E-state index in [4.69, 9.17) is 4.43 Å². The van der Waals surface area contributed by atoms with Crippen molar-refractivity contribution in [3.05, 3.63) is 96.6 Å². The molecule has 0 spiro atoms. The van der Waals surface area contributed by atoms with E-state index in [2.05, 4.69) is 118 Å². The maximum Gasteiger partial charge on any atom is 0.283 e. The Morgan fingerprint density at radius 3 is 1.83 bits per heavy atom. The Morgan fingerprint density at radius 1 is 0.861 bits per heavy atom. The SMILES string of the molecule is C[C@@H](c1ccccc1)N1C[C@@H](C2(C(O[Si](c3ccccc3)c3ccccc3)C(C)(C)C)CC2)CC1=O. The van der Waals surface area contributed by atoms with E-state index in [1.54, 1.807) is 0 Å². The van der Waals surface area contributed by atoms with Gasteiger partial charge in [-0.3, -0.25) is 4.79 Å². The molecule has 1 radical (unpaired) electrons. The molecule has 1 saturated heterocycles. The van der Waals surface area contributed by atoms with Gasteiger partial charge in [0.15, 0.2) is 0 Å². The average Bonchev–Trinajstić information content (AvgIpc) is 3.59. The van der Waals surface area contributed by atoms with Gasteiger partial charge in [-0.1, -0.05) is 112 Å². The van der Waals surface area contributed by atoms with Crippen molar-refractivity contribution in [2.75, 3.05) is 6.54 Å². The van der Waals surface area contributed by atoms with Crippen molar-refractivity contribution in [3.8, 4) is 0 Å². The molecule has 1 unspecified atom stereocenters. The normalized spacial score (nSPS) is 21.0. The van der Waals surface area contributed by atoms with Gasteiger partial charge in [-0.05, 0) is 47.0 Å². The van der Waals surface area contributed by atoms with Gasteiger partial charge in [0.25, 0.3) is 9.04 Å². The summed E-state index contributed by atoms with van der Waals surface area (Å²) in [7, 11) is -1.44. The zero-order chi connectivity index (χ0) is 25.3. The Bertz CT molecular complexity index is 1120. The van der Waals surface area contributed by atoms with Crippen molar-refractivity contribution in [1.82, 2.24) is 4.90 Å². The summed E-state index contributed by atoms with van der Waals surface area (Å²) in [5.41, 5.74) is 1.23. The highest BCUT2D eigenvalue weighted by molar-refractivity contribution is 6.80. The van der Waals surface area contributed by atoms with E-state index < -0.39 is 9.04 Å². The lowest BCUT2D eigenvalue weighted by Crippen LogP contribution is -2.53. The van der Waals surface area contributed by atoms with Gasteiger partial charge in [0.05, 0.1) is 12.1 Å². The fraction of sp³-hybridized carbons (Fsp3) is 0.406. The smallest absolute Gasteiger partial charge is 0.283 e. The van der Waals surface area contributed by atoms with Gasteiger partial charge in [0.2, 0.25) is 5.91 Å². The molecule has 1 aliphatic carbocycles. The van der Waals surface area contributed by atoms with Crippen LogP contribution >= 0.6 is 0 Å². The summed E-state index contributed by atoms with van der Waals surface area (Å²) in [6, 6.07) is 32.0. The summed E-state index contributed by atoms with van der Waals surface area (Å²) < 4.78 is 7.31. The van der Waals surface area contributed by atoms with Crippen LogP contribution in [0.4, 0.5) is 0 Å². The second-order valence-corrected chi connectivity index (χ2v) is 13.7. The number of carbonyl (C=O) groups excluding carboxylic acids is 1. The van der Waals surface area contributed by atoms with Crippen molar-refractivity contribution in [1.29, 1.82) is 0 Å². The number of rotatable bonds is 8. The summed E-state index contributed by atoms with van der Waals surface area (Å²) in [5.74, 6) is 0.613. The molecular weight excluding hydrogens is 458 g/mol. The molecule has 3 aromatic rings. The molecule has 1 aliphatic heterocycles. The van der Waals surface area contributed by atoms with Crippen LogP contribution < -0.4 is 10.4 Å². The molecule has 0 bridgehead atoms. The molecule has 3 aromatic carbocycles. The van der Waals surface area contributed by atoms with Crippen LogP contribution in [-0.4, -0.2) is 32.5 Å². The van der Waals surface area contributed by atoms with E-state index in [1.165, 1.54) is 15.9 Å². The molecule has 2 fully saturated rings. The maximum absolute atomic E-state index is 13.3. The van der Waals surface area contributed by atoms with Crippen LogP contribution in [-0.2, 0) is 9.22 Å². The van der Waals surface area contributed by atoms with Crippen molar-refractivity contribution < 1.29 is 9.22 Å². The van der Waals surface area contributed by atoms with Crippen molar-refractivity contribution >= 4 is 25.3 Å². The van der Waals surface area contributed by atoms with Crippen LogP contribution in [0, 0.1) is 16.7 Å². The first-order valence-electron chi connectivity index (χ1n) is 13.3. The third kappa shape index (κ3) is 4.94. The van der Waals surface area contributed by atoms with E-state index in [9.17, 15) is 4.79 Å². The molecule has 2 aliphatic rings. The summed E-state index contributed by atoms with van der Waals surface area (Å²) in [6.45, 7) is 9.93. The summed E-state index contributed by atoms with van der Waals surface area (Å²) >= 11 is 0. The van der Waals surface area contributed by atoms with Gasteiger partial charge >= 0.3 is 0 Å². The Hall–Kier alpha value is -2.69. The highest BCUT2D eigenvalue weighted by Gasteiger charge is 2.61. The van der Waals surface area contributed by atoms with Crippen LogP contribution in [0.25, 0.3) is 0 Å². The first-order valence-corrected chi connectivity index (χ1v) is 14.7. The molecule has 3 nitrogen and oxygen atoms in total. The summed E-state index contributed by atoms with van der Waals surface area (Å²) in [5, 5.41) is 2.56. The number of hydrogen-bond acceptors (Lipinski definition) is 2. The predicted molar refractivity (Wildman–Crippen MR) is 149 cm³/mol. The minimum Gasteiger partial charge on any atom is -0.403 e. The van der Waals surface area contributed by atoms with Crippen molar-refractivity contribution in [2.24, 2.45) is 16.7 Å². The topological polar surface area (TPSA) is 29.5 Å². The average molecular weight is 497 g/mol. The Balaban J connectivity index is 1.44. The van der Waals surface area contributed by atoms with E-state index in [-0.39, 0.29) is 28.9 Å². The molecular formula is C32H38NO2Si. The number of hydrogen-bond donors (Lipinski definition) is 0. The van der Waals surface area contributed by atoms with Gasteiger partial charge in [-0.15, -0.1) is 0 Å². The Kier molecular flexibility index (Phi) is 6.93. The van der Waals surface area contributed by atoms with Gasteiger partial charge in [0, 0.05) is 18.4 Å². The summed E-state index contributed by atoms with van der Waals surface area (Å²) in [4.78, 5) is 15.4. The fourth-order valence-corrected chi connectivity index (χ4v) is 8.61. The highest BCUT2D eigenvalue weighted by atomic mass is 28.3. The number of amides is 1. The lowest BCUT2D eigenvalue weighted by Gasteiger charge is -2.42. The molecule has 1 amide bonds. The highest BCUT2D eigenvalue weighted by Crippen LogP contribution is 2.62. The van der Waals surface area contributed by atoms with Gasteiger partial charge in [0.1, 0.15) is 0 Å². The van der Waals surface area contributed by atoms with Crippen LogP contribution in [0.3, 0.4) is 0 Å². The molecule has 0 aromatic heterocycles. The molecule has 0 N–H and O–H groups in total. The fourth-order valence-electron chi connectivity index (χ4n) is 6.19. The second kappa shape index (κ2) is 9.99. The lowest BCUT2D eigenvalue weighted by atomic mass is 9.72. The third-order valence-electron chi connectivity index (χ3n) is 8.16. The van der Waals surface area contributed by atoms with E-state index in [1.807, 2.05) is 6.07 Å². The largest absolute Gasteiger partial charge is 0.403 e. The first-order chi connectivity index (χ1) is 17.3. The zero-order valence-corrected chi connectivity index (χ0v) is 23.0. The molecule has 1 saturated carbocycles. The zero-order valence-electron chi connectivity index (χ0n) is 22.0.